The van der Waals surface area contributed by atoms with E-state index in [0.717, 1.165) is 0 Å². The largest absolute Gasteiger partial charge is 0.465 e. The first-order chi connectivity index (χ1) is 7.19. The smallest absolute Gasteiger partial charge is 0.319 e. The van der Waals surface area contributed by atoms with Crippen molar-refractivity contribution in [3.8, 4) is 0 Å². The van der Waals surface area contributed by atoms with E-state index < -0.39 is 17.5 Å². The molecule has 0 bridgehead atoms. The Hall–Kier alpha value is -0.940. The van der Waals surface area contributed by atoms with Gasteiger partial charge in [-0.05, 0) is 6.92 Å². The highest BCUT2D eigenvalue weighted by Gasteiger charge is 2.56. The molecule has 0 aromatic carbocycles. The van der Waals surface area contributed by atoms with Crippen LogP contribution in [-0.4, -0.2) is 43.8 Å². The fraction of sp³-hybridized carbons (Fsp3) is 0.800. The van der Waals surface area contributed by atoms with Crippen LogP contribution in [0, 0.1) is 5.92 Å². The van der Waals surface area contributed by atoms with Gasteiger partial charge in [-0.2, -0.15) is 0 Å². The van der Waals surface area contributed by atoms with E-state index in [0.29, 0.717) is 19.6 Å². The summed E-state index contributed by atoms with van der Waals surface area (Å²) in [7, 11) is 0. The van der Waals surface area contributed by atoms with Crippen LogP contribution in [0.3, 0.4) is 0 Å². The molecule has 2 saturated heterocycles. The molecule has 0 aromatic rings. The topological polar surface area (TPSA) is 61.8 Å². The van der Waals surface area contributed by atoms with Gasteiger partial charge in [0.15, 0.2) is 5.78 Å². The summed E-state index contributed by atoms with van der Waals surface area (Å²) in [6, 6.07) is 0. The zero-order chi connectivity index (χ0) is 10.9. The van der Waals surface area contributed by atoms with Crippen molar-refractivity contribution in [2.24, 2.45) is 5.92 Å². The van der Waals surface area contributed by atoms with Gasteiger partial charge in [-0.1, -0.05) is 0 Å². The lowest BCUT2D eigenvalue weighted by Gasteiger charge is -2.25. The maximum absolute atomic E-state index is 11.6. The van der Waals surface area contributed by atoms with Crippen LogP contribution in [0.5, 0.6) is 0 Å². The van der Waals surface area contributed by atoms with Crippen LogP contribution in [0.1, 0.15) is 13.3 Å². The molecule has 2 fully saturated rings. The lowest BCUT2D eigenvalue weighted by molar-refractivity contribution is -0.156. The van der Waals surface area contributed by atoms with E-state index >= 15 is 0 Å². The molecule has 2 aliphatic rings. The van der Waals surface area contributed by atoms with Crippen LogP contribution in [0.2, 0.25) is 0 Å². The molecular weight excluding hydrogens is 200 g/mol. The lowest BCUT2D eigenvalue weighted by Crippen LogP contribution is -2.43. The fourth-order valence-corrected chi connectivity index (χ4v) is 2.15. The standard InChI is InChI=1S/C10H14O5/c1-2-14-9(12)8-7(11)5-15-10(8)3-4-13-6-10/h8H,2-6H2,1H3. The maximum Gasteiger partial charge on any atom is 0.319 e. The first kappa shape index (κ1) is 10.6. The highest BCUT2D eigenvalue weighted by Crippen LogP contribution is 2.37. The van der Waals surface area contributed by atoms with Crippen molar-refractivity contribution in [3.05, 3.63) is 0 Å². The van der Waals surface area contributed by atoms with E-state index in [9.17, 15) is 9.59 Å². The van der Waals surface area contributed by atoms with Gasteiger partial charge in [0.05, 0.1) is 13.2 Å². The van der Waals surface area contributed by atoms with E-state index in [1.807, 2.05) is 0 Å². The molecule has 0 N–H and O–H groups in total. The second kappa shape index (κ2) is 3.90. The average Bonchev–Trinajstić information content (AvgIpc) is 2.77. The predicted octanol–water partition coefficient (Wildman–Crippen LogP) is -0.0759. The summed E-state index contributed by atoms with van der Waals surface area (Å²) in [6.07, 6.45) is 0.586. The molecule has 0 aliphatic carbocycles. The Bertz CT molecular complexity index is 280. The monoisotopic (exact) mass is 214 g/mol. The molecule has 5 nitrogen and oxygen atoms in total. The molecule has 1 spiro atoms. The normalized spacial score (nSPS) is 35.0. The molecule has 2 unspecified atom stereocenters. The van der Waals surface area contributed by atoms with Crippen molar-refractivity contribution in [2.75, 3.05) is 26.4 Å². The number of hydrogen-bond acceptors (Lipinski definition) is 5. The maximum atomic E-state index is 11.6. The Morgan fingerprint density at radius 3 is 3.07 bits per heavy atom. The van der Waals surface area contributed by atoms with Gasteiger partial charge >= 0.3 is 5.97 Å². The number of esters is 1. The third kappa shape index (κ3) is 1.66. The molecule has 0 aromatic heterocycles. The van der Waals surface area contributed by atoms with Gasteiger partial charge in [-0.25, -0.2) is 0 Å². The minimum Gasteiger partial charge on any atom is -0.465 e. The molecule has 2 rings (SSSR count). The Morgan fingerprint density at radius 1 is 1.67 bits per heavy atom. The molecule has 0 amide bonds. The molecule has 0 saturated carbocycles. The summed E-state index contributed by atoms with van der Waals surface area (Å²) in [5.41, 5.74) is -0.747. The Balaban J connectivity index is 2.18. The summed E-state index contributed by atoms with van der Waals surface area (Å²) in [5, 5.41) is 0. The van der Waals surface area contributed by atoms with Gasteiger partial charge in [0.1, 0.15) is 18.1 Å². The zero-order valence-electron chi connectivity index (χ0n) is 8.65. The van der Waals surface area contributed by atoms with Crippen molar-refractivity contribution in [1.82, 2.24) is 0 Å². The number of ketones is 1. The number of rotatable bonds is 2. The SMILES string of the molecule is CCOC(=O)C1C(=O)COC12CCOC2. The summed E-state index contributed by atoms with van der Waals surface area (Å²) in [4.78, 5) is 23.2. The van der Waals surface area contributed by atoms with Crippen LogP contribution in [-0.2, 0) is 23.8 Å². The van der Waals surface area contributed by atoms with Gasteiger partial charge in [-0.3, -0.25) is 9.59 Å². The highest BCUT2D eigenvalue weighted by molar-refractivity contribution is 6.02. The van der Waals surface area contributed by atoms with Crippen LogP contribution < -0.4 is 0 Å². The summed E-state index contributed by atoms with van der Waals surface area (Å²) >= 11 is 0. The van der Waals surface area contributed by atoms with Crippen LogP contribution in [0.15, 0.2) is 0 Å². The number of Topliss-reactive ketones (excluding diaryl/α,β-unsaturated/α-hetero) is 1. The van der Waals surface area contributed by atoms with Crippen molar-refractivity contribution in [3.63, 3.8) is 0 Å². The van der Waals surface area contributed by atoms with Crippen LogP contribution >= 0.6 is 0 Å². The van der Waals surface area contributed by atoms with Gasteiger partial charge in [0.25, 0.3) is 0 Å². The molecule has 15 heavy (non-hydrogen) atoms. The molecular formula is C10H14O5. The minimum atomic E-state index is -0.792. The van der Waals surface area contributed by atoms with Crippen molar-refractivity contribution in [1.29, 1.82) is 0 Å². The van der Waals surface area contributed by atoms with Crippen molar-refractivity contribution in [2.45, 2.75) is 18.9 Å². The predicted molar refractivity (Wildman–Crippen MR) is 49.2 cm³/mol. The Kier molecular flexibility index (Phi) is 2.75. The zero-order valence-corrected chi connectivity index (χ0v) is 8.65. The first-order valence-corrected chi connectivity index (χ1v) is 5.10. The summed E-state index contributed by atoms with van der Waals surface area (Å²) in [6.45, 7) is 2.83. The molecule has 2 heterocycles. The summed E-state index contributed by atoms with van der Waals surface area (Å²) in [5.74, 6) is -1.47. The third-order valence-electron chi connectivity index (χ3n) is 2.89. The van der Waals surface area contributed by atoms with E-state index in [4.69, 9.17) is 14.2 Å². The Labute approximate surface area is 87.7 Å². The summed E-state index contributed by atoms with van der Waals surface area (Å²) < 4.78 is 15.5. The van der Waals surface area contributed by atoms with Gasteiger partial charge < -0.3 is 14.2 Å². The highest BCUT2D eigenvalue weighted by atomic mass is 16.6. The second-order valence-electron chi connectivity index (χ2n) is 3.81. The average molecular weight is 214 g/mol. The van der Waals surface area contributed by atoms with Gasteiger partial charge in [0, 0.05) is 13.0 Å². The van der Waals surface area contributed by atoms with Gasteiger partial charge in [0.2, 0.25) is 0 Å². The molecule has 2 aliphatic heterocycles. The first-order valence-electron chi connectivity index (χ1n) is 5.10. The number of ether oxygens (including phenoxy) is 3. The van der Waals surface area contributed by atoms with Crippen molar-refractivity contribution < 1.29 is 23.8 Å². The fourth-order valence-electron chi connectivity index (χ4n) is 2.15. The minimum absolute atomic E-state index is 0.00710. The van der Waals surface area contributed by atoms with E-state index in [-0.39, 0.29) is 19.0 Å². The Morgan fingerprint density at radius 2 is 2.47 bits per heavy atom. The van der Waals surface area contributed by atoms with E-state index in [1.54, 1.807) is 6.92 Å². The number of carbonyl (C=O) groups is 2. The third-order valence-corrected chi connectivity index (χ3v) is 2.89. The van der Waals surface area contributed by atoms with Gasteiger partial charge in [-0.15, -0.1) is 0 Å². The number of carbonyl (C=O) groups excluding carboxylic acids is 2. The van der Waals surface area contributed by atoms with E-state index in [2.05, 4.69) is 0 Å². The molecule has 0 radical (unpaired) electrons. The molecule has 84 valence electrons. The number of hydrogen-bond donors (Lipinski definition) is 0. The second-order valence-corrected chi connectivity index (χ2v) is 3.81. The quantitative estimate of drug-likeness (QED) is 0.475. The molecule has 5 heteroatoms. The lowest BCUT2D eigenvalue weighted by atomic mass is 9.86. The van der Waals surface area contributed by atoms with Crippen LogP contribution in [0.4, 0.5) is 0 Å². The van der Waals surface area contributed by atoms with Crippen LogP contribution in [0.25, 0.3) is 0 Å². The van der Waals surface area contributed by atoms with E-state index in [1.165, 1.54) is 0 Å². The van der Waals surface area contributed by atoms with Crippen molar-refractivity contribution >= 4 is 11.8 Å². The molecule has 2 atom stereocenters.